The average Bonchev–Trinajstić information content (AvgIpc) is 2.84. The Morgan fingerprint density at radius 2 is 2.18 bits per heavy atom. The minimum absolute atomic E-state index is 0.0503. The molecule has 5 N–H and O–H groups in total. The summed E-state index contributed by atoms with van der Waals surface area (Å²) in [7, 11) is 0. The van der Waals surface area contributed by atoms with Gasteiger partial charge in [-0.25, -0.2) is 4.79 Å². The predicted molar refractivity (Wildman–Crippen MR) is 82.4 cm³/mol. The number of benzene rings is 1. The molecule has 0 fully saturated rings. The van der Waals surface area contributed by atoms with Crippen LogP contribution in [-0.4, -0.2) is 11.9 Å². The van der Waals surface area contributed by atoms with Gasteiger partial charge in [-0.15, -0.1) is 0 Å². The number of aryl methyl sites for hydroxylation is 2. The predicted octanol–water partition coefficient (Wildman–Crippen LogP) is 1.10. The van der Waals surface area contributed by atoms with E-state index in [2.05, 4.69) is 28.6 Å². The van der Waals surface area contributed by atoms with Gasteiger partial charge in [0, 0.05) is 0 Å². The van der Waals surface area contributed by atoms with Gasteiger partial charge in [0.2, 0.25) is 0 Å². The zero-order valence-corrected chi connectivity index (χ0v) is 12.3. The molecule has 2 aliphatic rings. The first-order chi connectivity index (χ1) is 10.5. The van der Waals surface area contributed by atoms with Crippen molar-refractivity contribution in [3.8, 4) is 0 Å². The number of amides is 3. The van der Waals surface area contributed by atoms with Crippen molar-refractivity contribution >= 4 is 11.9 Å². The van der Waals surface area contributed by atoms with Crippen molar-refractivity contribution < 1.29 is 9.59 Å². The van der Waals surface area contributed by atoms with Crippen LogP contribution in [0.25, 0.3) is 0 Å². The van der Waals surface area contributed by atoms with Crippen LogP contribution in [0.1, 0.15) is 29.2 Å². The van der Waals surface area contributed by atoms with Crippen LogP contribution in [0.5, 0.6) is 0 Å². The Kier molecular flexibility index (Phi) is 3.36. The molecule has 1 aliphatic heterocycles. The van der Waals surface area contributed by atoms with E-state index >= 15 is 0 Å². The second-order valence-corrected chi connectivity index (χ2v) is 5.61. The minimum atomic E-state index is -0.508. The van der Waals surface area contributed by atoms with Crippen LogP contribution in [-0.2, 0) is 11.2 Å². The van der Waals surface area contributed by atoms with Crippen LogP contribution in [0.4, 0.5) is 4.79 Å². The van der Waals surface area contributed by atoms with Gasteiger partial charge >= 0.3 is 6.03 Å². The lowest BCUT2D eigenvalue weighted by molar-refractivity contribution is -0.118. The number of carbonyl (C=O) groups is 2. The van der Waals surface area contributed by atoms with Crippen molar-refractivity contribution in [1.29, 1.82) is 0 Å². The molecular weight excluding hydrogens is 280 g/mol. The fraction of sp³-hybridized carbons (Fsp3) is 0.250. The van der Waals surface area contributed by atoms with Crippen molar-refractivity contribution in [3.05, 3.63) is 58.6 Å². The van der Waals surface area contributed by atoms with Gasteiger partial charge in [-0.2, -0.15) is 0 Å². The Labute approximate surface area is 128 Å². The van der Waals surface area contributed by atoms with Crippen LogP contribution in [0.3, 0.4) is 0 Å². The molecule has 0 spiro atoms. The normalized spacial score (nSPS) is 20.3. The Balaban J connectivity index is 1.81. The van der Waals surface area contributed by atoms with Crippen molar-refractivity contribution in [1.82, 2.24) is 16.0 Å². The van der Waals surface area contributed by atoms with Crippen molar-refractivity contribution in [2.75, 3.05) is 0 Å². The fourth-order valence-electron chi connectivity index (χ4n) is 2.87. The quantitative estimate of drug-likeness (QED) is 0.658. The lowest BCUT2D eigenvalue weighted by atomic mass is 10.1. The van der Waals surface area contributed by atoms with E-state index in [1.54, 1.807) is 0 Å². The van der Waals surface area contributed by atoms with Crippen LogP contribution in [0.15, 0.2) is 41.9 Å². The third-order valence-corrected chi connectivity index (χ3v) is 4.01. The average molecular weight is 298 g/mol. The molecule has 6 nitrogen and oxygen atoms in total. The largest absolute Gasteiger partial charge is 0.395 e. The Morgan fingerprint density at radius 3 is 2.95 bits per heavy atom. The summed E-state index contributed by atoms with van der Waals surface area (Å²) in [5.41, 5.74) is 9.84. The highest BCUT2D eigenvalue weighted by atomic mass is 16.2. The topological polar surface area (TPSA) is 96.2 Å². The van der Waals surface area contributed by atoms with Gasteiger partial charge in [0.05, 0.1) is 17.4 Å². The number of rotatable bonds is 2. The molecule has 114 valence electrons. The van der Waals surface area contributed by atoms with Crippen LogP contribution < -0.4 is 21.7 Å². The molecule has 1 aliphatic carbocycles. The Hall–Kier alpha value is -2.76. The maximum atomic E-state index is 12.4. The minimum Gasteiger partial charge on any atom is -0.395 e. The molecule has 0 aromatic heterocycles. The van der Waals surface area contributed by atoms with Crippen LogP contribution in [0, 0.1) is 6.92 Å². The van der Waals surface area contributed by atoms with Gasteiger partial charge < -0.3 is 21.7 Å². The molecule has 22 heavy (non-hydrogen) atoms. The standard InChI is InChI=1S/C16H18N4O2/c1-8-3-5-11-10(7-8)4-6-12(11)19-15(21)14-13(17)9(2)18-16(22)20-14/h3,5,7,12H,2,4,6,17H2,1H3,(H,19,21)(H2,18,20,22)/t12-/m1/s1. The zero-order chi connectivity index (χ0) is 15.9. The van der Waals surface area contributed by atoms with Gasteiger partial charge in [0.15, 0.2) is 0 Å². The molecule has 0 saturated carbocycles. The summed E-state index contributed by atoms with van der Waals surface area (Å²) >= 11 is 0. The highest BCUT2D eigenvalue weighted by Gasteiger charge is 2.28. The molecule has 1 aromatic carbocycles. The highest BCUT2D eigenvalue weighted by Crippen LogP contribution is 2.31. The molecule has 3 rings (SSSR count). The molecule has 1 heterocycles. The number of hydrogen-bond donors (Lipinski definition) is 4. The summed E-state index contributed by atoms with van der Waals surface area (Å²) in [6, 6.07) is 5.64. The van der Waals surface area contributed by atoms with E-state index in [4.69, 9.17) is 5.73 Å². The van der Waals surface area contributed by atoms with Gasteiger partial charge in [-0.3, -0.25) is 4.79 Å². The monoisotopic (exact) mass is 298 g/mol. The third-order valence-electron chi connectivity index (χ3n) is 4.01. The van der Waals surface area contributed by atoms with E-state index in [-0.39, 0.29) is 23.1 Å². The number of nitrogens with two attached hydrogens (primary N) is 1. The summed E-state index contributed by atoms with van der Waals surface area (Å²) in [6.45, 7) is 5.67. The second-order valence-electron chi connectivity index (χ2n) is 5.61. The summed E-state index contributed by atoms with van der Waals surface area (Å²) in [6.07, 6.45) is 1.77. The molecule has 6 heteroatoms. The molecule has 1 atom stereocenters. The molecule has 0 bridgehead atoms. The van der Waals surface area contributed by atoms with Gasteiger partial charge in [-0.05, 0) is 30.9 Å². The number of fused-ring (bicyclic) bond motifs is 1. The second kappa shape index (κ2) is 5.22. The number of hydrogen-bond acceptors (Lipinski definition) is 3. The van der Waals surface area contributed by atoms with Gasteiger partial charge in [0.1, 0.15) is 5.70 Å². The number of urea groups is 1. The Morgan fingerprint density at radius 1 is 1.41 bits per heavy atom. The molecule has 0 unspecified atom stereocenters. The maximum Gasteiger partial charge on any atom is 0.323 e. The lowest BCUT2D eigenvalue weighted by Gasteiger charge is -2.22. The number of carbonyl (C=O) groups excluding carboxylic acids is 2. The Bertz CT molecular complexity index is 721. The molecule has 0 saturated heterocycles. The molecule has 0 radical (unpaired) electrons. The number of nitrogens with one attached hydrogen (secondary N) is 3. The summed E-state index contributed by atoms with van der Waals surface area (Å²) in [5.74, 6) is -0.396. The maximum absolute atomic E-state index is 12.4. The molecular formula is C16H18N4O2. The van der Waals surface area contributed by atoms with E-state index in [0.717, 1.165) is 18.4 Å². The molecule has 1 aromatic rings. The van der Waals surface area contributed by atoms with E-state index < -0.39 is 11.9 Å². The summed E-state index contributed by atoms with van der Waals surface area (Å²) in [5, 5.41) is 7.79. The smallest absolute Gasteiger partial charge is 0.323 e. The van der Waals surface area contributed by atoms with E-state index in [1.165, 1.54) is 11.1 Å². The SMILES string of the molecule is C=C1NC(=O)NC(C(=O)N[C@@H]2CCc3cc(C)ccc32)=C1N. The van der Waals surface area contributed by atoms with E-state index in [1.807, 2.05) is 19.1 Å². The van der Waals surface area contributed by atoms with Gasteiger partial charge in [-0.1, -0.05) is 30.3 Å². The third kappa shape index (κ3) is 2.43. The van der Waals surface area contributed by atoms with E-state index in [9.17, 15) is 9.59 Å². The van der Waals surface area contributed by atoms with Crippen molar-refractivity contribution in [3.63, 3.8) is 0 Å². The van der Waals surface area contributed by atoms with Crippen molar-refractivity contribution in [2.24, 2.45) is 5.73 Å². The van der Waals surface area contributed by atoms with Gasteiger partial charge in [0.25, 0.3) is 5.91 Å². The van der Waals surface area contributed by atoms with E-state index in [0.29, 0.717) is 0 Å². The summed E-state index contributed by atoms with van der Waals surface area (Å²) in [4.78, 5) is 23.9. The summed E-state index contributed by atoms with van der Waals surface area (Å²) < 4.78 is 0. The first-order valence-corrected chi connectivity index (χ1v) is 7.13. The fourth-order valence-corrected chi connectivity index (χ4v) is 2.87. The highest BCUT2D eigenvalue weighted by molar-refractivity contribution is 6.00. The lowest BCUT2D eigenvalue weighted by Crippen LogP contribution is -2.47. The first-order valence-electron chi connectivity index (χ1n) is 7.13. The van der Waals surface area contributed by atoms with Crippen LogP contribution in [0.2, 0.25) is 0 Å². The van der Waals surface area contributed by atoms with Crippen LogP contribution >= 0.6 is 0 Å². The molecule has 3 amide bonds. The van der Waals surface area contributed by atoms with Crippen molar-refractivity contribution in [2.45, 2.75) is 25.8 Å². The first kappa shape index (κ1) is 14.2. The zero-order valence-electron chi connectivity index (χ0n) is 12.3.